The van der Waals surface area contributed by atoms with Crippen molar-refractivity contribution in [2.45, 2.75) is 56.9 Å². The fourth-order valence-electron chi connectivity index (χ4n) is 5.45. The van der Waals surface area contributed by atoms with Crippen molar-refractivity contribution in [3.05, 3.63) is 34.9 Å². The summed E-state index contributed by atoms with van der Waals surface area (Å²) in [6, 6.07) is 7.25. The molecule has 0 spiro atoms. The van der Waals surface area contributed by atoms with Crippen LogP contribution in [0.15, 0.2) is 18.2 Å². The van der Waals surface area contributed by atoms with Crippen LogP contribution in [0.5, 0.6) is 0 Å². The Morgan fingerprint density at radius 2 is 2.14 bits per heavy atom. The average Bonchev–Trinajstić information content (AvgIpc) is 2.50. The number of likely N-dealkylation sites (tertiary alicyclic amines) is 1. The molecule has 4 rings (SSSR count). The predicted octanol–water partition coefficient (Wildman–Crippen LogP) is 3.58. The minimum absolute atomic E-state index is 0.194. The zero-order valence-corrected chi connectivity index (χ0v) is 13.2. The van der Waals surface area contributed by atoms with Gasteiger partial charge in [0.25, 0.3) is 0 Å². The van der Waals surface area contributed by atoms with Crippen LogP contribution in [0.1, 0.15) is 60.5 Å². The van der Waals surface area contributed by atoms with Crippen molar-refractivity contribution < 1.29 is 4.79 Å². The summed E-state index contributed by atoms with van der Waals surface area (Å²) in [5.74, 6) is 1.03. The van der Waals surface area contributed by atoms with Gasteiger partial charge in [-0.1, -0.05) is 25.0 Å². The number of hydrogen-bond donors (Lipinski definition) is 0. The molecule has 21 heavy (non-hydrogen) atoms. The van der Waals surface area contributed by atoms with Gasteiger partial charge >= 0.3 is 0 Å². The van der Waals surface area contributed by atoms with Crippen molar-refractivity contribution in [3.8, 4) is 0 Å². The highest BCUT2D eigenvalue weighted by molar-refractivity contribution is 5.94. The van der Waals surface area contributed by atoms with E-state index in [0.717, 1.165) is 17.9 Å². The van der Waals surface area contributed by atoms with E-state index in [0.29, 0.717) is 11.5 Å². The van der Waals surface area contributed by atoms with Gasteiger partial charge in [-0.3, -0.25) is 4.79 Å². The van der Waals surface area contributed by atoms with Gasteiger partial charge < -0.3 is 4.90 Å². The molecule has 0 radical (unpaired) electrons. The number of benzene rings is 1. The van der Waals surface area contributed by atoms with E-state index in [9.17, 15) is 4.79 Å². The third-order valence-corrected chi connectivity index (χ3v) is 6.52. The summed E-state index contributed by atoms with van der Waals surface area (Å²) < 4.78 is 0. The normalized spacial score (nSPS) is 35.0. The van der Waals surface area contributed by atoms with Gasteiger partial charge in [0.05, 0.1) is 0 Å². The van der Waals surface area contributed by atoms with Crippen molar-refractivity contribution in [2.24, 2.45) is 5.92 Å². The molecule has 0 aromatic heterocycles. The maximum absolute atomic E-state index is 11.7. The fraction of sp³-hybridized carbons (Fsp3) is 0.632. The van der Waals surface area contributed by atoms with Crippen LogP contribution in [0.3, 0.4) is 0 Å². The number of Topliss-reactive ketones (excluding diaryl/α,β-unsaturated/α-hetero) is 1. The summed E-state index contributed by atoms with van der Waals surface area (Å²) in [5, 5.41) is 0. The molecule has 3 aliphatic rings. The number of fused-ring (bicyclic) bond motifs is 1. The summed E-state index contributed by atoms with van der Waals surface area (Å²) in [5.41, 5.74) is 4.34. The summed E-state index contributed by atoms with van der Waals surface area (Å²) in [4.78, 5) is 14.3. The van der Waals surface area contributed by atoms with E-state index < -0.39 is 0 Å². The Balaban J connectivity index is 1.87. The van der Waals surface area contributed by atoms with E-state index in [2.05, 4.69) is 30.1 Å². The Labute approximate surface area is 127 Å². The lowest BCUT2D eigenvalue weighted by Gasteiger charge is -2.58. The Morgan fingerprint density at radius 3 is 2.95 bits per heavy atom. The molecule has 2 aliphatic carbocycles. The minimum Gasteiger partial charge on any atom is -0.303 e. The molecule has 1 heterocycles. The maximum Gasteiger partial charge on any atom is 0.159 e. The first-order chi connectivity index (χ1) is 10.1. The molecule has 2 fully saturated rings. The number of carbonyl (C=O) groups excluding carboxylic acids is 1. The number of piperidine rings is 1. The lowest BCUT2D eigenvalue weighted by atomic mass is 9.52. The van der Waals surface area contributed by atoms with Crippen molar-refractivity contribution in [3.63, 3.8) is 0 Å². The smallest absolute Gasteiger partial charge is 0.159 e. The summed E-state index contributed by atoms with van der Waals surface area (Å²) in [6.45, 7) is 2.91. The first-order valence-corrected chi connectivity index (χ1v) is 8.46. The van der Waals surface area contributed by atoms with Crippen LogP contribution in [0.25, 0.3) is 0 Å². The molecule has 1 saturated carbocycles. The summed E-state index contributed by atoms with van der Waals surface area (Å²) >= 11 is 0. The largest absolute Gasteiger partial charge is 0.303 e. The van der Waals surface area contributed by atoms with Gasteiger partial charge in [0, 0.05) is 17.0 Å². The van der Waals surface area contributed by atoms with Crippen molar-refractivity contribution in [2.75, 3.05) is 13.6 Å². The molecule has 1 aromatic rings. The SMILES string of the molecule is CC(=O)c1ccc2c(c1)C[C@@H]1[C@@H]3CCCC[C@]23CCN1C. The van der Waals surface area contributed by atoms with Crippen LogP contribution in [0.2, 0.25) is 0 Å². The quantitative estimate of drug-likeness (QED) is 0.734. The fourth-order valence-corrected chi connectivity index (χ4v) is 5.45. The standard InChI is InChI=1S/C19H25NO/c1-13(21)14-6-7-16-15(11-14)12-18-17-5-3-4-8-19(16,17)9-10-20(18)2/h6-7,11,17-18H,3-5,8-10,12H2,1-2H3/t17-,18+,19-/m0/s1. The van der Waals surface area contributed by atoms with E-state index in [-0.39, 0.29) is 5.78 Å². The van der Waals surface area contributed by atoms with E-state index in [4.69, 9.17) is 0 Å². The molecule has 2 heteroatoms. The lowest BCUT2D eigenvalue weighted by molar-refractivity contribution is 0.00284. The van der Waals surface area contributed by atoms with Crippen molar-refractivity contribution in [1.82, 2.24) is 4.90 Å². The van der Waals surface area contributed by atoms with Crippen LogP contribution < -0.4 is 0 Å². The second kappa shape index (κ2) is 4.67. The van der Waals surface area contributed by atoms with Crippen LogP contribution in [0, 0.1) is 5.92 Å². The van der Waals surface area contributed by atoms with Crippen LogP contribution in [0.4, 0.5) is 0 Å². The predicted molar refractivity (Wildman–Crippen MR) is 84.8 cm³/mol. The van der Waals surface area contributed by atoms with Crippen molar-refractivity contribution in [1.29, 1.82) is 0 Å². The second-order valence-electron chi connectivity index (χ2n) is 7.44. The molecule has 1 aromatic carbocycles. The highest BCUT2D eigenvalue weighted by Crippen LogP contribution is 2.55. The molecule has 0 amide bonds. The van der Waals surface area contributed by atoms with E-state index in [1.54, 1.807) is 12.5 Å². The van der Waals surface area contributed by atoms with Crippen LogP contribution in [-0.2, 0) is 11.8 Å². The number of rotatable bonds is 1. The van der Waals surface area contributed by atoms with Crippen molar-refractivity contribution >= 4 is 5.78 Å². The highest BCUT2D eigenvalue weighted by atomic mass is 16.1. The molecular weight excluding hydrogens is 258 g/mol. The van der Waals surface area contributed by atoms with Gasteiger partial charge in [0.1, 0.15) is 0 Å². The average molecular weight is 283 g/mol. The maximum atomic E-state index is 11.7. The Hall–Kier alpha value is -1.15. The molecule has 2 nitrogen and oxygen atoms in total. The van der Waals surface area contributed by atoms with E-state index in [1.807, 2.05) is 0 Å². The molecule has 0 N–H and O–H groups in total. The lowest BCUT2D eigenvalue weighted by Crippen LogP contribution is -2.59. The Kier molecular flexibility index (Phi) is 3.01. The van der Waals surface area contributed by atoms with Gasteiger partial charge in [-0.2, -0.15) is 0 Å². The first-order valence-electron chi connectivity index (χ1n) is 8.46. The monoisotopic (exact) mass is 283 g/mol. The van der Waals surface area contributed by atoms with E-state index >= 15 is 0 Å². The van der Waals surface area contributed by atoms with Gasteiger partial charge in [-0.05, 0) is 69.3 Å². The molecule has 2 bridgehead atoms. The molecule has 1 aliphatic heterocycles. The van der Waals surface area contributed by atoms with Crippen LogP contribution >= 0.6 is 0 Å². The number of nitrogens with zero attached hydrogens (tertiary/aromatic N) is 1. The van der Waals surface area contributed by atoms with Gasteiger partial charge in [0.2, 0.25) is 0 Å². The molecule has 3 atom stereocenters. The number of carbonyl (C=O) groups is 1. The topological polar surface area (TPSA) is 20.3 Å². The van der Waals surface area contributed by atoms with Crippen LogP contribution in [-0.4, -0.2) is 30.3 Å². The zero-order valence-electron chi connectivity index (χ0n) is 13.2. The van der Waals surface area contributed by atoms with Gasteiger partial charge in [-0.25, -0.2) is 0 Å². The van der Waals surface area contributed by atoms with E-state index in [1.165, 1.54) is 44.2 Å². The highest BCUT2D eigenvalue weighted by Gasteiger charge is 2.52. The number of hydrogen-bond acceptors (Lipinski definition) is 2. The molecule has 0 unspecified atom stereocenters. The Bertz CT molecular complexity index is 593. The summed E-state index contributed by atoms with van der Waals surface area (Å²) in [6.07, 6.45) is 7.96. The minimum atomic E-state index is 0.194. The van der Waals surface area contributed by atoms with Gasteiger partial charge in [-0.15, -0.1) is 0 Å². The Morgan fingerprint density at radius 1 is 1.29 bits per heavy atom. The molecule has 1 saturated heterocycles. The third kappa shape index (κ3) is 1.85. The third-order valence-electron chi connectivity index (χ3n) is 6.52. The second-order valence-corrected chi connectivity index (χ2v) is 7.44. The summed E-state index contributed by atoms with van der Waals surface area (Å²) in [7, 11) is 2.29. The zero-order chi connectivity index (χ0) is 14.6. The number of ketones is 1. The molecular formula is C19H25NO. The van der Waals surface area contributed by atoms with Gasteiger partial charge in [0.15, 0.2) is 5.78 Å². The number of likely N-dealkylation sites (N-methyl/N-ethyl adjacent to an activating group) is 1. The first kappa shape index (κ1) is 13.5. The molecule has 112 valence electrons.